The van der Waals surface area contributed by atoms with Crippen molar-refractivity contribution >= 4 is 17.4 Å². The molecule has 5 heteroatoms. The maximum Gasteiger partial charge on any atom is 0.223 e. The van der Waals surface area contributed by atoms with E-state index >= 15 is 0 Å². The van der Waals surface area contributed by atoms with Crippen molar-refractivity contribution in [2.45, 2.75) is 12.8 Å². The van der Waals surface area contributed by atoms with Crippen LogP contribution in [0.25, 0.3) is 0 Å². The van der Waals surface area contributed by atoms with Crippen LogP contribution in [0.1, 0.15) is 12.8 Å². The maximum atomic E-state index is 11.4. The first-order valence-electron chi connectivity index (χ1n) is 5.95. The number of pyridine rings is 1. The summed E-state index contributed by atoms with van der Waals surface area (Å²) in [6.45, 7) is 1.39. The highest BCUT2D eigenvalue weighted by atomic mass is 16.2. The van der Waals surface area contributed by atoms with Gasteiger partial charge in [-0.05, 0) is 18.9 Å². The lowest BCUT2D eigenvalue weighted by molar-refractivity contribution is -0.122. The van der Waals surface area contributed by atoms with Gasteiger partial charge in [-0.2, -0.15) is 0 Å². The Bertz CT molecular complexity index is 390. The molecule has 0 atom stereocenters. The minimum absolute atomic E-state index is 0.192. The Labute approximate surface area is 101 Å². The molecule has 0 unspecified atom stereocenters. The molecule has 0 bridgehead atoms. The fourth-order valence-electron chi connectivity index (χ4n) is 1.56. The van der Waals surface area contributed by atoms with Gasteiger partial charge in [-0.3, -0.25) is 4.79 Å². The van der Waals surface area contributed by atoms with Crippen LogP contribution in [0.2, 0.25) is 0 Å². The van der Waals surface area contributed by atoms with Gasteiger partial charge in [0.2, 0.25) is 5.91 Å². The summed E-state index contributed by atoms with van der Waals surface area (Å²) >= 11 is 0. The van der Waals surface area contributed by atoms with Crippen LogP contribution in [-0.4, -0.2) is 31.0 Å². The van der Waals surface area contributed by atoms with Crippen molar-refractivity contribution < 1.29 is 4.79 Å². The van der Waals surface area contributed by atoms with Gasteiger partial charge < -0.3 is 16.0 Å². The average Bonchev–Trinajstić information content (AvgIpc) is 3.19. The summed E-state index contributed by atoms with van der Waals surface area (Å²) in [5, 5.41) is 9.13. The Morgan fingerprint density at radius 1 is 1.47 bits per heavy atom. The molecule has 1 heterocycles. The molecular formula is C12H18N4O. The van der Waals surface area contributed by atoms with Gasteiger partial charge in [0.15, 0.2) is 0 Å². The molecule has 1 aromatic rings. The molecule has 0 aliphatic heterocycles. The summed E-state index contributed by atoms with van der Waals surface area (Å²) in [5.74, 6) is 1.31. The van der Waals surface area contributed by atoms with Crippen molar-refractivity contribution in [1.29, 1.82) is 0 Å². The second-order valence-corrected chi connectivity index (χ2v) is 4.17. The zero-order valence-electron chi connectivity index (χ0n) is 9.99. The van der Waals surface area contributed by atoms with Crippen molar-refractivity contribution in [3.63, 3.8) is 0 Å². The number of nitrogens with one attached hydrogen (secondary N) is 3. The normalized spacial score (nSPS) is 14.2. The molecule has 1 amide bonds. The minimum atomic E-state index is 0.192. The van der Waals surface area contributed by atoms with Crippen LogP contribution in [-0.2, 0) is 4.79 Å². The molecular weight excluding hydrogens is 216 g/mol. The molecule has 0 spiro atoms. The quantitative estimate of drug-likeness (QED) is 0.644. The van der Waals surface area contributed by atoms with E-state index in [0.717, 1.165) is 30.9 Å². The van der Waals surface area contributed by atoms with Crippen molar-refractivity contribution in [3.05, 3.63) is 18.3 Å². The third-order valence-electron chi connectivity index (χ3n) is 2.72. The van der Waals surface area contributed by atoms with Crippen LogP contribution in [0.3, 0.4) is 0 Å². The third kappa shape index (κ3) is 3.62. The lowest BCUT2D eigenvalue weighted by atomic mass is 10.3. The molecule has 1 saturated carbocycles. The summed E-state index contributed by atoms with van der Waals surface area (Å²) in [6, 6.07) is 3.84. The Hall–Kier alpha value is -1.78. The molecule has 1 aliphatic rings. The van der Waals surface area contributed by atoms with E-state index in [1.54, 1.807) is 6.20 Å². The average molecular weight is 234 g/mol. The molecule has 0 radical (unpaired) electrons. The van der Waals surface area contributed by atoms with E-state index in [-0.39, 0.29) is 11.8 Å². The maximum absolute atomic E-state index is 11.4. The van der Waals surface area contributed by atoms with Gasteiger partial charge >= 0.3 is 0 Å². The molecule has 5 nitrogen and oxygen atoms in total. The van der Waals surface area contributed by atoms with Crippen LogP contribution in [0.15, 0.2) is 18.3 Å². The molecule has 1 fully saturated rings. The second-order valence-electron chi connectivity index (χ2n) is 4.17. The van der Waals surface area contributed by atoms with Crippen LogP contribution >= 0.6 is 0 Å². The van der Waals surface area contributed by atoms with Crippen molar-refractivity contribution in [2.24, 2.45) is 5.92 Å². The number of carbonyl (C=O) groups excluding carboxylic acids is 1. The predicted molar refractivity (Wildman–Crippen MR) is 68.0 cm³/mol. The lowest BCUT2D eigenvalue weighted by Gasteiger charge is -2.08. The van der Waals surface area contributed by atoms with Crippen LogP contribution in [0.4, 0.5) is 11.5 Å². The standard InChI is InChI=1S/C12H18N4O/c1-13-11-8-10(4-5-15-11)14-6-7-16-12(17)9-2-3-9/h4-5,8-9H,2-3,6-7H2,1H3,(H,16,17)(H2,13,14,15). The molecule has 1 aliphatic carbocycles. The second kappa shape index (κ2) is 5.52. The van der Waals surface area contributed by atoms with Gasteiger partial charge in [0, 0.05) is 44.0 Å². The summed E-state index contributed by atoms with van der Waals surface area (Å²) in [7, 11) is 1.84. The van der Waals surface area contributed by atoms with E-state index in [2.05, 4.69) is 20.9 Å². The number of nitrogens with zero attached hydrogens (tertiary/aromatic N) is 1. The largest absolute Gasteiger partial charge is 0.383 e. The number of rotatable bonds is 6. The minimum Gasteiger partial charge on any atom is -0.383 e. The van der Waals surface area contributed by atoms with Gasteiger partial charge in [-0.1, -0.05) is 0 Å². The van der Waals surface area contributed by atoms with Gasteiger partial charge in [0.25, 0.3) is 0 Å². The zero-order valence-corrected chi connectivity index (χ0v) is 9.99. The first-order chi connectivity index (χ1) is 8.29. The number of amides is 1. The third-order valence-corrected chi connectivity index (χ3v) is 2.72. The Morgan fingerprint density at radius 3 is 3.00 bits per heavy atom. The van der Waals surface area contributed by atoms with E-state index in [4.69, 9.17) is 0 Å². The highest BCUT2D eigenvalue weighted by Gasteiger charge is 2.28. The van der Waals surface area contributed by atoms with Gasteiger partial charge in [0.05, 0.1) is 0 Å². The van der Waals surface area contributed by atoms with E-state index in [1.165, 1.54) is 0 Å². The first-order valence-corrected chi connectivity index (χ1v) is 5.95. The van der Waals surface area contributed by atoms with Crippen molar-refractivity contribution in [2.75, 3.05) is 30.8 Å². The van der Waals surface area contributed by atoms with Crippen LogP contribution in [0.5, 0.6) is 0 Å². The van der Waals surface area contributed by atoms with Gasteiger partial charge in [0.1, 0.15) is 5.82 Å². The Morgan fingerprint density at radius 2 is 2.29 bits per heavy atom. The van der Waals surface area contributed by atoms with Crippen LogP contribution in [0, 0.1) is 5.92 Å². The SMILES string of the molecule is CNc1cc(NCCNC(=O)C2CC2)ccn1. The Balaban J connectivity index is 1.68. The summed E-state index contributed by atoms with van der Waals surface area (Å²) in [4.78, 5) is 15.5. The monoisotopic (exact) mass is 234 g/mol. The Kier molecular flexibility index (Phi) is 3.80. The van der Waals surface area contributed by atoms with E-state index < -0.39 is 0 Å². The molecule has 17 heavy (non-hydrogen) atoms. The van der Waals surface area contributed by atoms with E-state index in [0.29, 0.717) is 6.54 Å². The molecule has 3 N–H and O–H groups in total. The molecule has 0 saturated heterocycles. The van der Waals surface area contributed by atoms with Crippen molar-refractivity contribution in [1.82, 2.24) is 10.3 Å². The highest BCUT2D eigenvalue weighted by Crippen LogP contribution is 2.28. The van der Waals surface area contributed by atoms with E-state index in [1.807, 2.05) is 19.2 Å². The molecule has 92 valence electrons. The topological polar surface area (TPSA) is 66.0 Å². The van der Waals surface area contributed by atoms with E-state index in [9.17, 15) is 4.79 Å². The van der Waals surface area contributed by atoms with Crippen molar-refractivity contribution in [3.8, 4) is 0 Å². The fraction of sp³-hybridized carbons (Fsp3) is 0.500. The lowest BCUT2D eigenvalue weighted by Crippen LogP contribution is -2.29. The number of aromatic nitrogens is 1. The zero-order chi connectivity index (χ0) is 12.1. The number of anilines is 2. The molecule has 0 aromatic carbocycles. The summed E-state index contributed by atoms with van der Waals surface area (Å²) in [5.41, 5.74) is 1.00. The molecule has 2 rings (SSSR count). The summed E-state index contributed by atoms with van der Waals surface area (Å²) < 4.78 is 0. The number of carbonyl (C=O) groups is 1. The fourth-order valence-corrected chi connectivity index (χ4v) is 1.56. The number of hydrogen-bond donors (Lipinski definition) is 3. The smallest absolute Gasteiger partial charge is 0.223 e. The number of hydrogen-bond acceptors (Lipinski definition) is 4. The van der Waals surface area contributed by atoms with Gasteiger partial charge in [-0.25, -0.2) is 4.98 Å². The van der Waals surface area contributed by atoms with Gasteiger partial charge in [-0.15, -0.1) is 0 Å². The van der Waals surface area contributed by atoms with Crippen LogP contribution < -0.4 is 16.0 Å². The highest BCUT2D eigenvalue weighted by molar-refractivity contribution is 5.80. The molecule has 1 aromatic heterocycles. The first kappa shape index (κ1) is 11.7. The summed E-state index contributed by atoms with van der Waals surface area (Å²) in [6.07, 6.45) is 3.85. The predicted octanol–water partition coefficient (Wildman–Crippen LogP) is 1.06.